The minimum Gasteiger partial charge on any atom is -0.504 e. The number of benzene rings is 1. The van der Waals surface area contributed by atoms with Crippen LogP contribution >= 0.6 is 0 Å². The highest BCUT2D eigenvalue weighted by atomic mass is 16.5. The van der Waals surface area contributed by atoms with E-state index in [2.05, 4.69) is 5.32 Å². The molecule has 0 spiro atoms. The van der Waals surface area contributed by atoms with Crippen molar-refractivity contribution in [3.05, 3.63) is 18.2 Å². The number of ether oxygens (including phenoxy) is 1. The Morgan fingerprint density at radius 1 is 1.47 bits per heavy atom. The van der Waals surface area contributed by atoms with Gasteiger partial charge in [-0.1, -0.05) is 0 Å². The molecule has 1 aromatic rings. The molecule has 0 aliphatic rings. The molecule has 0 bridgehead atoms. The number of phenols is 1. The van der Waals surface area contributed by atoms with Crippen molar-refractivity contribution in [2.75, 3.05) is 25.6 Å². The summed E-state index contributed by atoms with van der Waals surface area (Å²) in [4.78, 5) is 0. The topological polar surface area (TPSA) is 82.0 Å². The van der Waals surface area contributed by atoms with Crippen LogP contribution in [0.1, 0.15) is 0 Å². The van der Waals surface area contributed by atoms with Gasteiger partial charge in [-0.05, 0) is 12.1 Å². The van der Waals surface area contributed by atoms with Gasteiger partial charge in [0.25, 0.3) is 0 Å². The van der Waals surface area contributed by atoms with Gasteiger partial charge in [-0.15, -0.1) is 0 Å². The lowest BCUT2D eigenvalue weighted by atomic mass is 10.2. The number of rotatable bonds is 5. The quantitative estimate of drug-likeness (QED) is 0.560. The van der Waals surface area contributed by atoms with E-state index in [-0.39, 0.29) is 18.9 Å². The summed E-state index contributed by atoms with van der Waals surface area (Å²) >= 11 is 0. The molecule has 1 aromatic carbocycles. The molecule has 0 aliphatic carbocycles. The van der Waals surface area contributed by atoms with Crippen molar-refractivity contribution in [1.82, 2.24) is 0 Å². The normalized spacial score (nSPS) is 12.2. The van der Waals surface area contributed by atoms with E-state index in [1.54, 1.807) is 12.1 Å². The maximum absolute atomic E-state index is 9.44. The summed E-state index contributed by atoms with van der Waals surface area (Å²) in [6.45, 7) is -0.0720. The molecular formula is C10H15NO4. The average molecular weight is 213 g/mol. The minimum absolute atomic E-state index is 0.0287. The Kier molecular flexibility index (Phi) is 4.20. The summed E-state index contributed by atoms with van der Waals surface area (Å²) in [5.74, 6) is 0.421. The molecule has 1 unspecified atom stereocenters. The molecule has 15 heavy (non-hydrogen) atoms. The van der Waals surface area contributed by atoms with Crippen molar-refractivity contribution >= 4 is 5.69 Å². The lowest BCUT2D eigenvalue weighted by Crippen LogP contribution is -2.22. The zero-order valence-corrected chi connectivity index (χ0v) is 8.47. The summed E-state index contributed by atoms with van der Waals surface area (Å²) in [7, 11) is 1.47. The standard InChI is InChI=1S/C10H15NO4/c1-15-10-3-2-7(4-9(10)14)11-5-8(13)6-12/h2-4,8,11-14H,5-6H2,1H3. The number of anilines is 1. The summed E-state index contributed by atoms with van der Waals surface area (Å²) < 4.78 is 4.88. The van der Waals surface area contributed by atoms with Gasteiger partial charge in [-0.25, -0.2) is 0 Å². The highest BCUT2D eigenvalue weighted by Gasteiger charge is 2.04. The van der Waals surface area contributed by atoms with Crippen LogP contribution < -0.4 is 10.1 Å². The third-order valence-electron chi connectivity index (χ3n) is 1.93. The first kappa shape index (κ1) is 11.6. The average Bonchev–Trinajstić information content (AvgIpc) is 2.26. The number of hydrogen-bond donors (Lipinski definition) is 4. The monoisotopic (exact) mass is 213 g/mol. The fraction of sp³-hybridized carbons (Fsp3) is 0.400. The first-order chi connectivity index (χ1) is 7.17. The first-order valence-corrected chi connectivity index (χ1v) is 4.57. The van der Waals surface area contributed by atoms with E-state index in [9.17, 15) is 5.11 Å². The third-order valence-corrected chi connectivity index (χ3v) is 1.93. The summed E-state index contributed by atoms with van der Waals surface area (Å²) in [5, 5.41) is 30.0. The Bertz CT molecular complexity index is 316. The molecule has 0 aliphatic heterocycles. The number of phenolic OH excluding ortho intramolecular Hbond substituents is 1. The fourth-order valence-electron chi connectivity index (χ4n) is 1.10. The van der Waals surface area contributed by atoms with Gasteiger partial charge in [0.1, 0.15) is 0 Å². The van der Waals surface area contributed by atoms with Crippen LogP contribution in [-0.4, -0.2) is 41.7 Å². The van der Waals surface area contributed by atoms with Crippen LogP contribution in [0.3, 0.4) is 0 Å². The van der Waals surface area contributed by atoms with Crippen molar-refractivity contribution in [2.24, 2.45) is 0 Å². The predicted molar refractivity (Wildman–Crippen MR) is 56.2 cm³/mol. The first-order valence-electron chi connectivity index (χ1n) is 4.57. The number of aliphatic hydroxyl groups is 2. The Morgan fingerprint density at radius 3 is 2.73 bits per heavy atom. The van der Waals surface area contributed by atoms with Crippen molar-refractivity contribution in [2.45, 2.75) is 6.10 Å². The minimum atomic E-state index is -0.811. The van der Waals surface area contributed by atoms with Crippen molar-refractivity contribution in [3.8, 4) is 11.5 Å². The van der Waals surface area contributed by atoms with Crippen LogP contribution in [0.5, 0.6) is 11.5 Å². The molecule has 1 atom stereocenters. The molecule has 5 heteroatoms. The summed E-state index contributed by atoms with van der Waals surface area (Å²) in [6.07, 6.45) is -0.811. The lowest BCUT2D eigenvalue weighted by Gasteiger charge is -2.11. The van der Waals surface area contributed by atoms with Gasteiger partial charge in [0.05, 0.1) is 19.8 Å². The number of hydrogen-bond acceptors (Lipinski definition) is 5. The van der Waals surface area contributed by atoms with Crippen LogP contribution in [0.4, 0.5) is 5.69 Å². The molecule has 0 radical (unpaired) electrons. The van der Waals surface area contributed by atoms with Crippen molar-refractivity contribution < 1.29 is 20.1 Å². The number of methoxy groups -OCH3 is 1. The van der Waals surface area contributed by atoms with Crippen LogP contribution in [0.2, 0.25) is 0 Å². The second-order valence-electron chi connectivity index (χ2n) is 3.10. The zero-order chi connectivity index (χ0) is 11.3. The van der Waals surface area contributed by atoms with Crippen molar-refractivity contribution in [3.63, 3.8) is 0 Å². The summed E-state index contributed by atoms with van der Waals surface area (Å²) in [5.41, 5.74) is 0.654. The Balaban J connectivity index is 2.59. The Labute approximate surface area is 87.9 Å². The van der Waals surface area contributed by atoms with Gasteiger partial charge in [-0.2, -0.15) is 0 Å². The smallest absolute Gasteiger partial charge is 0.160 e. The van der Waals surface area contributed by atoms with Gasteiger partial charge in [0.15, 0.2) is 11.5 Å². The number of aromatic hydroxyl groups is 1. The molecule has 5 nitrogen and oxygen atoms in total. The molecule has 0 amide bonds. The fourth-order valence-corrected chi connectivity index (χ4v) is 1.10. The molecule has 0 saturated carbocycles. The Hall–Kier alpha value is -1.46. The van der Waals surface area contributed by atoms with Gasteiger partial charge >= 0.3 is 0 Å². The van der Waals surface area contributed by atoms with E-state index in [0.29, 0.717) is 11.4 Å². The number of aliphatic hydroxyl groups excluding tert-OH is 2. The van der Waals surface area contributed by atoms with E-state index in [1.165, 1.54) is 13.2 Å². The van der Waals surface area contributed by atoms with Gasteiger partial charge < -0.3 is 25.4 Å². The molecule has 0 heterocycles. The summed E-state index contributed by atoms with van der Waals surface area (Å²) in [6, 6.07) is 4.81. The molecule has 84 valence electrons. The second kappa shape index (κ2) is 5.43. The van der Waals surface area contributed by atoms with Gasteiger partial charge in [-0.3, -0.25) is 0 Å². The third kappa shape index (κ3) is 3.30. The zero-order valence-electron chi connectivity index (χ0n) is 8.47. The Morgan fingerprint density at radius 2 is 2.20 bits per heavy atom. The maximum atomic E-state index is 9.44. The van der Waals surface area contributed by atoms with E-state index in [0.717, 1.165) is 0 Å². The molecule has 4 N–H and O–H groups in total. The van der Waals surface area contributed by atoms with Crippen molar-refractivity contribution in [1.29, 1.82) is 0 Å². The molecule has 0 saturated heterocycles. The second-order valence-corrected chi connectivity index (χ2v) is 3.10. The predicted octanol–water partition coefficient (Wildman–Crippen LogP) is 0.166. The maximum Gasteiger partial charge on any atom is 0.160 e. The van der Waals surface area contributed by atoms with Crippen LogP contribution in [0.15, 0.2) is 18.2 Å². The molecule has 1 rings (SSSR count). The largest absolute Gasteiger partial charge is 0.504 e. The van der Waals surface area contributed by atoms with Crippen LogP contribution in [0, 0.1) is 0 Å². The lowest BCUT2D eigenvalue weighted by molar-refractivity contribution is 0.105. The van der Waals surface area contributed by atoms with Crippen LogP contribution in [-0.2, 0) is 0 Å². The molecule has 0 fully saturated rings. The van der Waals surface area contributed by atoms with Gasteiger partial charge in [0, 0.05) is 18.3 Å². The highest BCUT2D eigenvalue weighted by Crippen LogP contribution is 2.28. The molecule has 0 aromatic heterocycles. The molecular weight excluding hydrogens is 198 g/mol. The van der Waals surface area contributed by atoms with Crippen LogP contribution in [0.25, 0.3) is 0 Å². The van der Waals surface area contributed by atoms with E-state index < -0.39 is 6.10 Å². The number of nitrogens with one attached hydrogen (secondary N) is 1. The van der Waals surface area contributed by atoms with E-state index in [1.807, 2.05) is 0 Å². The SMILES string of the molecule is COc1ccc(NCC(O)CO)cc1O. The van der Waals surface area contributed by atoms with E-state index >= 15 is 0 Å². The van der Waals surface area contributed by atoms with E-state index in [4.69, 9.17) is 14.9 Å². The van der Waals surface area contributed by atoms with Gasteiger partial charge in [0.2, 0.25) is 0 Å². The highest BCUT2D eigenvalue weighted by molar-refractivity contribution is 5.54.